The molecular formula is C17H22N2O. The average Bonchev–Trinajstić information content (AvgIpc) is 2.44. The highest BCUT2D eigenvalue weighted by molar-refractivity contribution is 5.81. The zero-order chi connectivity index (χ0) is 14.4. The molecule has 0 unspecified atom stereocenters. The van der Waals surface area contributed by atoms with Crippen LogP contribution in [0.3, 0.4) is 0 Å². The molecule has 0 aliphatic rings. The van der Waals surface area contributed by atoms with Crippen molar-refractivity contribution in [3.63, 3.8) is 0 Å². The summed E-state index contributed by atoms with van der Waals surface area (Å²) in [7, 11) is 1.72. The Labute approximate surface area is 120 Å². The minimum atomic E-state index is 0.744. The molecule has 2 aromatic rings. The van der Waals surface area contributed by atoms with Gasteiger partial charge < -0.3 is 10.1 Å². The zero-order valence-corrected chi connectivity index (χ0v) is 12.4. The van der Waals surface area contributed by atoms with Gasteiger partial charge in [0.05, 0.1) is 12.1 Å². The number of nitrogens with one attached hydrogen (secondary N) is 1. The molecule has 1 heterocycles. The van der Waals surface area contributed by atoms with Crippen molar-refractivity contribution in [3.05, 3.63) is 47.2 Å². The van der Waals surface area contributed by atoms with E-state index in [1.54, 1.807) is 7.11 Å². The summed E-state index contributed by atoms with van der Waals surface area (Å²) in [6, 6.07) is 10.6. The molecule has 0 spiro atoms. The molecule has 2 rings (SSSR count). The number of pyridine rings is 1. The predicted molar refractivity (Wildman–Crippen MR) is 84.9 cm³/mol. The lowest BCUT2D eigenvalue weighted by molar-refractivity contribution is 0.200. The minimum absolute atomic E-state index is 0.744. The number of hydrogen-bond donors (Lipinski definition) is 1. The van der Waals surface area contributed by atoms with Crippen molar-refractivity contribution >= 4 is 17.0 Å². The number of hydrogen-bond acceptors (Lipinski definition) is 3. The van der Waals surface area contributed by atoms with Crippen molar-refractivity contribution in [1.82, 2.24) is 10.3 Å². The first-order chi connectivity index (χ1) is 9.69. The molecule has 0 aliphatic carbocycles. The normalized spacial score (nSPS) is 12.1. The molecular weight excluding hydrogens is 248 g/mol. The Balaban J connectivity index is 2.06. The number of fused-ring (bicyclic) bond motifs is 1. The number of ether oxygens (including phenoxy) is 1. The van der Waals surface area contributed by atoms with Gasteiger partial charge in [-0.2, -0.15) is 0 Å². The van der Waals surface area contributed by atoms with E-state index in [2.05, 4.69) is 53.6 Å². The summed E-state index contributed by atoms with van der Waals surface area (Å²) in [6.07, 6.45) is 2.21. The molecule has 1 N–H and O–H groups in total. The lowest BCUT2D eigenvalue weighted by Crippen LogP contribution is -2.20. The molecule has 0 atom stereocenters. The number of aryl methyl sites for hydroxylation is 1. The predicted octanol–water partition coefficient (Wildman–Crippen LogP) is 3.18. The third kappa shape index (κ3) is 4.15. The van der Waals surface area contributed by atoms with E-state index < -0.39 is 0 Å². The van der Waals surface area contributed by atoms with Gasteiger partial charge in [-0.05, 0) is 37.6 Å². The molecule has 3 nitrogen and oxygen atoms in total. The van der Waals surface area contributed by atoms with Crippen molar-refractivity contribution in [1.29, 1.82) is 0 Å². The summed E-state index contributed by atoms with van der Waals surface area (Å²) < 4.78 is 5.01. The van der Waals surface area contributed by atoms with Crippen LogP contribution in [0, 0.1) is 6.92 Å². The van der Waals surface area contributed by atoms with Crippen LogP contribution >= 0.6 is 0 Å². The lowest BCUT2D eigenvalue weighted by atomic mass is 10.1. The van der Waals surface area contributed by atoms with Crippen molar-refractivity contribution < 1.29 is 4.74 Å². The van der Waals surface area contributed by atoms with Gasteiger partial charge in [-0.15, -0.1) is 0 Å². The first kappa shape index (κ1) is 14.7. The monoisotopic (exact) mass is 270 g/mol. The van der Waals surface area contributed by atoms with Gasteiger partial charge in [0.25, 0.3) is 0 Å². The Morgan fingerprint density at radius 2 is 2.15 bits per heavy atom. The molecule has 0 radical (unpaired) electrons. The van der Waals surface area contributed by atoms with Crippen LogP contribution in [0.15, 0.2) is 35.9 Å². The number of nitrogens with zero attached hydrogens (tertiary/aromatic N) is 1. The third-order valence-corrected chi connectivity index (χ3v) is 3.15. The maximum atomic E-state index is 5.01. The van der Waals surface area contributed by atoms with Gasteiger partial charge in [-0.3, -0.25) is 4.98 Å². The lowest BCUT2D eigenvalue weighted by Gasteiger charge is -2.05. The number of methoxy groups -OCH3 is 1. The Morgan fingerprint density at radius 1 is 1.30 bits per heavy atom. The van der Waals surface area contributed by atoms with Gasteiger partial charge in [0, 0.05) is 31.3 Å². The highest BCUT2D eigenvalue weighted by Crippen LogP contribution is 2.16. The van der Waals surface area contributed by atoms with Crippen molar-refractivity contribution in [3.8, 4) is 0 Å². The van der Waals surface area contributed by atoms with Crippen molar-refractivity contribution in [2.75, 3.05) is 26.8 Å². The smallest absolute Gasteiger partial charge is 0.0705 e. The zero-order valence-electron chi connectivity index (χ0n) is 12.4. The second-order valence-corrected chi connectivity index (χ2v) is 5.07. The van der Waals surface area contributed by atoms with E-state index in [4.69, 9.17) is 4.74 Å². The summed E-state index contributed by atoms with van der Waals surface area (Å²) in [5.74, 6) is 0. The summed E-state index contributed by atoms with van der Waals surface area (Å²) in [5, 5.41) is 4.53. The van der Waals surface area contributed by atoms with Crippen LogP contribution in [0.2, 0.25) is 0 Å². The molecule has 3 heteroatoms. The van der Waals surface area contributed by atoms with E-state index in [0.717, 1.165) is 30.9 Å². The fourth-order valence-electron chi connectivity index (χ4n) is 2.13. The quantitative estimate of drug-likeness (QED) is 0.819. The van der Waals surface area contributed by atoms with E-state index >= 15 is 0 Å². The van der Waals surface area contributed by atoms with Crippen LogP contribution in [0.1, 0.15) is 18.2 Å². The Hall–Kier alpha value is -1.71. The average molecular weight is 270 g/mol. The van der Waals surface area contributed by atoms with Gasteiger partial charge in [0.1, 0.15) is 0 Å². The summed E-state index contributed by atoms with van der Waals surface area (Å²) in [4.78, 5) is 4.52. The molecule has 1 aromatic carbocycles. The third-order valence-electron chi connectivity index (χ3n) is 3.15. The molecule has 0 fully saturated rings. The first-order valence-electron chi connectivity index (χ1n) is 6.93. The van der Waals surface area contributed by atoms with Crippen molar-refractivity contribution in [2.45, 2.75) is 13.8 Å². The van der Waals surface area contributed by atoms with Crippen LogP contribution < -0.4 is 5.32 Å². The minimum Gasteiger partial charge on any atom is -0.383 e. The molecule has 1 aromatic heterocycles. The Kier molecular flexibility index (Phi) is 5.27. The maximum absolute atomic E-state index is 5.01. The van der Waals surface area contributed by atoms with Crippen LogP contribution in [0.4, 0.5) is 0 Å². The van der Waals surface area contributed by atoms with E-state index in [1.165, 1.54) is 16.5 Å². The fraction of sp³-hybridized carbons (Fsp3) is 0.353. The van der Waals surface area contributed by atoms with E-state index in [-0.39, 0.29) is 0 Å². The molecule has 106 valence electrons. The van der Waals surface area contributed by atoms with Gasteiger partial charge in [0.15, 0.2) is 0 Å². The molecule has 0 amide bonds. The van der Waals surface area contributed by atoms with Gasteiger partial charge in [0.2, 0.25) is 0 Å². The maximum Gasteiger partial charge on any atom is 0.0705 e. The highest BCUT2D eigenvalue weighted by Gasteiger charge is 1.97. The van der Waals surface area contributed by atoms with Crippen LogP contribution in [-0.4, -0.2) is 31.8 Å². The summed E-state index contributed by atoms with van der Waals surface area (Å²) >= 11 is 0. The molecule has 20 heavy (non-hydrogen) atoms. The molecule has 0 saturated heterocycles. The number of benzene rings is 1. The molecule has 0 bridgehead atoms. The summed E-state index contributed by atoms with van der Waals surface area (Å²) in [6.45, 7) is 6.66. The van der Waals surface area contributed by atoms with E-state index in [9.17, 15) is 0 Å². The second kappa shape index (κ2) is 7.17. The van der Waals surface area contributed by atoms with Gasteiger partial charge in [-0.25, -0.2) is 0 Å². The van der Waals surface area contributed by atoms with Crippen LogP contribution in [0.5, 0.6) is 0 Å². The van der Waals surface area contributed by atoms with Gasteiger partial charge in [-0.1, -0.05) is 23.8 Å². The van der Waals surface area contributed by atoms with E-state index in [1.807, 2.05) is 6.92 Å². The Bertz CT molecular complexity index is 605. The topological polar surface area (TPSA) is 34.1 Å². The first-order valence-corrected chi connectivity index (χ1v) is 6.93. The largest absolute Gasteiger partial charge is 0.383 e. The van der Waals surface area contributed by atoms with E-state index in [0.29, 0.717) is 0 Å². The van der Waals surface area contributed by atoms with Crippen LogP contribution in [0.25, 0.3) is 17.0 Å². The number of aromatic nitrogens is 1. The highest BCUT2D eigenvalue weighted by atomic mass is 16.5. The fourth-order valence-corrected chi connectivity index (χ4v) is 2.13. The number of rotatable bonds is 6. The van der Waals surface area contributed by atoms with Crippen molar-refractivity contribution in [2.24, 2.45) is 0 Å². The summed E-state index contributed by atoms with van der Waals surface area (Å²) in [5.41, 5.74) is 4.63. The molecule has 0 aliphatic heterocycles. The standard InChI is InChI=1S/C17H22N2O/c1-13(12-18-8-9-20-3)10-15-5-7-17-16(11-15)6-4-14(2)19-17/h4-7,10-11,18H,8-9,12H2,1-3H3/b13-10+. The SMILES string of the molecule is COCCNC/C(C)=C/c1ccc2nc(C)ccc2c1. The Morgan fingerprint density at radius 3 is 2.95 bits per heavy atom. The second-order valence-electron chi connectivity index (χ2n) is 5.07. The van der Waals surface area contributed by atoms with Gasteiger partial charge >= 0.3 is 0 Å². The molecule has 0 saturated carbocycles. The van der Waals surface area contributed by atoms with Crippen LogP contribution in [-0.2, 0) is 4.74 Å².